The Hall–Kier alpha value is -1.02. The van der Waals surface area contributed by atoms with Gasteiger partial charge in [-0.15, -0.1) is 0 Å². The molecule has 2 rings (SSSR count). The van der Waals surface area contributed by atoms with Crippen molar-refractivity contribution in [2.45, 2.75) is 58.9 Å². The van der Waals surface area contributed by atoms with Crippen LogP contribution in [-0.2, 0) is 4.74 Å². The molecule has 1 aliphatic heterocycles. The molecule has 1 N–H and O–H groups in total. The SMILES string of the molecule is CCOCC(C)(C)C1(C)CC(CC)c2ccccc2N1. The van der Waals surface area contributed by atoms with Crippen LogP contribution in [0, 0.1) is 5.41 Å². The van der Waals surface area contributed by atoms with Crippen molar-refractivity contribution in [3.63, 3.8) is 0 Å². The van der Waals surface area contributed by atoms with Gasteiger partial charge in [0.25, 0.3) is 0 Å². The fourth-order valence-corrected chi connectivity index (χ4v) is 3.24. The van der Waals surface area contributed by atoms with Crippen molar-refractivity contribution in [3.8, 4) is 0 Å². The maximum Gasteiger partial charge on any atom is 0.0539 e. The van der Waals surface area contributed by atoms with E-state index in [0.717, 1.165) is 13.2 Å². The van der Waals surface area contributed by atoms with Crippen LogP contribution in [0.1, 0.15) is 58.9 Å². The second kappa shape index (κ2) is 5.77. The van der Waals surface area contributed by atoms with Crippen LogP contribution in [-0.4, -0.2) is 18.8 Å². The Kier molecular flexibility index (Phi) is 4.43. The smallest absolute Gasteiger partial charge is 0.0539 e. The Morgan fingerprint density at radius 2 is 2.00 bits per heavy atom. The quantitative estimate of drug-likeness (QED) is 0.832. The lowest BCUT2D eigenvalue weighted by Crippen LogP contribution is -2.53. The van der Waals surface area contributed by atoms with E-state index in [2.05, 4.69) is 64.2 Å². The van der Waals surface area contributed by atoms with Crippen molar-refractivity contribution >= 4 is 5.69 Å². The first-order valence-corrected chi connectivity index (χ1v) is 7.88. The number of hydrogen-bond donors (Lipinski definition) is 1. The summed E-state index contributed by atoms with van der Waals surface area (Å²) in [6.45, 7) is 12.9. The van der Waals surface area contributed by atoms with E-state index < -0.39 is 0 Å². The number of benzene rings is 1. The van der Waals surface area contributed by atoms with Gasteiger partial charge in [-0.05, 0) is 44.2 Å². The van der Waals surface area contributed by atoms with Crippen LogP contribution in [0.25, 0.3) is 0 Å². The summed E-state index contributed by atoms with van der Waals surface area (Å²) in [5, 5.41) is 3.81. The highest BCUT2D eigenvalue weighted by molar-refractivity contribution is 5.57. The third kappa shape index (κ3) is 2.71. The summed E-state index contributed by atoms with van der Waals surface area (Å²) < 4.78 is 5.73. The van der Waals surface area contributed by atoms with Crippen LogP contribution in [0.3, 0.4) is 0 Å². The van der Waals surface area contributed by atoms with Crippen LogP contribution in [0.4, 0.5) is 5.69 Å². The molecule has 0 aromatic heterocycles. The van der Waals surface area contributed by atoms with Gasteiger partial charge in [-0.2, -0.15) is 0 Å². The first-order chi connectivity index (χ1) is 9.43. The standard InChI is InChI=1S/C18H29NO/c1-6-14-12-18(5,17(3,4)13-20-7-2)19-16-11-9-8-10-15(14)16/h8-11,14,19H,6-7,12-13H2,1-5H3. The average Bonchev–Trinajstić information content (AvgIpc) is 2.44. The van der Waals surface area contributed by atoms with Gasteiger partial charge in [-0.25, -0.2) is 0 Å². The Labute approximate surface area is 123 Å². The first-order valence-electron chi connectivity index (χ1n) is 7.88. The molecule has 2 atom stereocenters. The van der Waals surface area contributed by atoms with Crippen LogP contribution < -0.4 is 5.32 Å². The number of hydrogen-bond acceptors (Lipinski definition) is 2. The third-order valence-electron chi connectivity index (χ3n) is 5.12. The predicted octanol–water partition coefficient (Wildman–Crippen LogP) is 4.82. The summed E-state index contributed by atoms with van der Waals surface area (Å²) >= 11 is 0. The van der Waals surface area contributed by atoms with Gasteiger partial charge in [0.15, 0.2) is 0 Å². The van der Waals surface area contributed by atoms with E-state index in [4.69, 9.17) is 4.74 Å². The largest absolute Gasteiger partial charge is 0.381 e. The van der Waals surface area contributed by atoms with E-state index in [9.17, 15) is 0 Å². The molecule has 2 nitrogen and oxygen atoms in total. The number of para-hydroxylation sites is 1. The zero-order chi connectivity index (χ0) is 14.8. The number of rotatable bonds is 5. The first kappa shape index (κ1) is 15.4. The molecule has 1 aliphatic rings. The van der Waals surface area contributed by atoms with E-state index in [-0.39, 0.29) is 11.0 Å². The number of nitrogens with one attached hydrogen (secondary N) is 1. The van der Waals surface area contributed by atoms with Crippen molar-refractivity contribution in [2.75, 3.05) is 18.5 Å². The minimum atomic E-state index is 0.0667. The van der Waals surface area contributed by atoms with Crippen LogP contribution >= 0.6 is 0 Å². The Morgan fingerprint density at radius 3 is 2.65 bits per heavy atom. The normalized spacial score (nSPS) is 25.9. The third-order valence-corrected chi connectivity index (χ3v) is 5.12. The van der Waals surface area contributed by atoms with E-state index in [0.29, 0.717) is 5.92 Å². The Balaban J connectivity index is 2.31. The summed E-state index contributed by atoms with van der Waals surface area (Å²) in [6.07, 6.45) is 2.36. The molecule has 0 radical (unpaired) electrons. The van der Waals surface area contributed by atoms with Crippen molar-refractivity contribution in [1.82, 2.24) is 0 Å². The van der Waals surface area contributed by atoms with Gasteiger partial charge in [0.2, 0.25) is 0 Å². The van der Waals surface area contributed by atoms with Crippen molar-refractivity contribution in [1.29, 1.82) is 0 Å². The second-order valence-corrected chi connectivity index (χ2v) is 6.87. The van der Waals surface area contributed by atoms with E-state index in [1.54, 1.807) is 0 Å². The molecule has 0 bridgehead atoms. The highest BCUT2D eigenvalue weighted by Gasteiger charge is 2.45. The van der Waals surface area contributed by atoms with Gasteiger partial charge >= 0.3 is 0 Å². The van der Waals surface area contributed by atoms with Gasteiger partial charge in [0.1, 0.15) is 0 Å². The highest BCUT2D eigenvalue weighted by Crippen LogP contribution is 2.47. The van der Waals surface area contributed by atoms with Gasteiger partial charge in [-0.1, -0.05) is 39.0 Å². The molecule has 0 saturated carbocycles. The van der Waals surface area contributed by atoms with Crippen molar-refractivity contribution in [2.24, 2.45) is 5.41 Å². The average molecular weight is 275 g/mol. The lowest BCUT2D eigenvalue weighted by molar-refractivity contribution is 0.0270. The van der Waals surface area contributed by atoms with Crippen molar-refractivity contribution in [3.05, 3.63) is 29.8 Å². The van der Waals surface area contributed by atoms with E-state index in [1.807, 2.05) is 0 Å². The van der Waals surface area contributed by atoms with E-state index in [1.165, 1.54) is 24.1 Å². The molecule has 0 amide bonds. The molecule has 1 aromatic rings. The number of fused-ring (bicyclic) bond motifs is 1. The molecule has 112 valence electrons. The fourth-order valence-electron chi connectivity index (χ4n) is 3.24. The zero-order valence-corrected chi connectivity index (χ0v) is 13.6. The van der Waals surface area contributed by atoms with Crippen LogP contribution in [0.2, 0.25) is 0 Å². The Morgan fingerprint density at radius 1 is 1.30 bits per heavy atom. The summed E-state index contributed by atoms with van der Waals surface area (Å²) in [5.41, 5.74) is 2.94. The van der Waals surface area contributed by atoms with Gasteiger partial charge < -0.3 is 10.1 Å². The molecular formula is C18H29NO. The number of anilines is 1. The Bertz CT molecular complexity index is 454. The summed E-state index contributed by atoms with van der Waals surface area (Å²) in [7, 11) is 0. The maximum absolute atomic E-state index is 5.73. The monoisotopic (exact) mass is 275 g/mol. The molecule has 0 aliphatic carbocycles. The topological polar surface area (TPSA) is 21.3 Å². The number of ether oxygens (including phenoxy) is 1. The van der Waals surface area contributed by atoms with Gasteiger partial charge in [0.05, 0.1) is 6.61 Å². The molecule has 2 heteroatoms. The predicted molar refractivity (Wildman–Crippen MR) is 86.4 cm³/mol. The molecule has 1 aromatic carbocycles. The van der Waals surface area contributed by atoms with E-state index >= 15 is 0 Å². The molecular weight excluding hydrogens is 246 g/mol. The molecule has 20 heavy (non-hydrogen) atoms. The van der Waals surface area contributed by atoms with Crippen LogP contribution in [0.15, 0.2) is 24.3 Å². The molecule has 0 fully saturated rings. The lowest BCUT2D eigenvalue weighted by atomic mass is 9.65. The summed E-state index contributed by atoms with van der Waals surface area (Å²) in [4.78, 5) is 0. The highest BCUT2D eigenvalue weighted by atomic mass is 16.5. The molecule has 2 unspecified atom stereocenters. The minimum absolute atomic E-state index is 0.0667. The molecule has 0 spiro atoms. The lowest BCUT2D eigenvalue weighted by Gasteiger charge is -2.50. The maximum atomic E-state index is 5.73. The fraction of sp³-hybridized carbons (Fsp3) is 0.667. The zero-order valence-electron chi connectivity index (χ0n) is 13.6. The molecule has 0 saturated heterocycles. The summed E-state index contributed by atoms with van der Waals surface area (Å²) in [6, 6.07) is 8.76. The molecule has 1 heterocycles. The van der Waals surface area contributed by atoms with Crippen LogP contribution in [0.5, 0.6) is 0 Å². The minimum Gasteiger partial charge on any atom is -0.381 e. The van der Waals surface area contributed by atoms with Gasteiger partial charge in [0, 0.05) is 23.2 Å². The van der Waals surface area contributed by atoms with Gasteiger partial charge in [-0.3, -0.25) is 0 Å². The van der Waals surface area contributed by atoms with Crippen molar-refractivity contribution < 1.29 is 4.74 Å². The second-order valence-electron chi connectivity index (χ2n) is 6.87. The summed E-state index contributed by atoms with van der Waals surface area (Å²) in [5.74, 6) is 0.637.